The highest BCUT2D eigenvalue weighted by molar-refractivity contribution is 6.33. The summed E-state index contributed by atoms with van der Waals surface area (Å²) in [5, 5.41) is 7.87. The van der Waals surface area contributed by atoms with Gasteiger partial charge in [0.05, 0.1) is 23.5 Å². The average molecular weight is 404 g/mol. The van der Waals surface area contributed by atoms with Gasteiger partial charge < -0.3 is 10.1 Å². The Kier molecular flexibility index (Phi) is 5.78. The van der Waals surface area contributed by atoms with E-state index in [-0.39, 0.29) is 6.54 Å². The topological polar surface area (TPSA) is 73.2 Å². The van der Waals surface area contributed by atoms with Crippen molar-refractivity contribution in [1.82, 2.24) is 9.78 Å². The molecule has 1 amide bonds. The van der Waals surface area contributed by atoms with Crippen molar-refractivity contribution in [3.05, 3.63) is 75.0 Å². The lowest BCUT2D eigenvalue weighted by molar-refractivity contribution is -0.117. The molecule has 0 saturated carbocycles. The summed E-state index contributed by atoms with van der Waals surface area (Å²) in [6.45, 7) is -0.271. The van der Waals surface area contributed by atoms with Gasteiger partial charge in [-0.05, 0) is 30.3 Å². The third-order valence-corrected chi connectivity index (χ3v) is 4.31. The van der Waals surface area contributed by atoms with Crippen molar-refractivity contribution in [3.8, 4) is 17.0 Å². The Morgan fingerprint density at radius 2 is 1.93 bits per heavy atom. The maximum Gasteiger partial charge on any atom is 0.267 e. The minimum atomic E-state index is -0.443. The van der Waals surface area contributed by atoms with Crippen molar-refractivity contribution in [3.63, 3.8) is 0 Å². The van der Waals surface area contributed by atoms with Gasteiger partial charge in [0, 0.05) is 16.7 Å². The molecule has 0 atom stereocenters. The molecule has 6 nitrogen and oxygen atoms in total. The van der Waals surface area contributed by atoms with Crippen LogP contribution >= 0.6 is 23.2 Å². The first-order chi connectivity index (χ1) is 13.0. The number of halogens is 2. The number of hydrogen-bond donors (Lipinski definition) is 1. The van der Waals surface area contributed by atoms with E-state index in [1.54, 1.807) is 42.5 Å². The van der Waals surface area contributed by atoms with Crippen LogP contribution in [-0.2, 0) is 11.3 Å². The number of anilines is 1. The summed E-state index contributed by atoms with van der Waals surface area (Å²) in [6, 6.07) is 14.9. The van der Waals surface area contributed by atoms with E-state index in [2.05, 4.69) is 10.4 Å². The summed E-state index contributed by atoms with van der Waals surface area (Å²) in [4.78, 5) is 24.5. The number of hydrogen-bond acceptors (Lipinski definition) is 4. The first-order valence-corrected chi connectivity index (χ1v) is 8.70. The van der Waals surface area contributed by atoms with Crippen LogP contribution in [0.4, 0.5) is 5.69 Å². The molecule has 27 heavy (non-hydrogen) atoms. The second-order valence-electron chi connectivity index (χ2n) is 5.59. The average Bonchev–Trinajstić information content (AvgIpc) is 2.64. The fourth-order valence-corrected chi connectivity index (χ4v) is 2.88. The molecule has 1 aromatic heterocycles. The molecule has 8 heteroatoms. The maximum atomic E-state index is 12.4. The first kappa shape index (κ1) is 18.9. The molecule has 0 spiro atoms. The zero-order valence-corrected chi connectivity index (χ0v) is 15.8. The smallest absolute Gasteiger partial charge is 0.267 e. The second-order valence-corrected chi connectivity index (χ2v) is 6.43. The highest BCUT2D eigenvalue weighted by Gasteiger charge is 2.12. The largest absolute Gasteiger partial charge is 0.495 e. The molecule has 0 aliphatic carbocycles. The Labute approximate surface area is 165 Å². The van der Waals surface area contributed by atoms with Gasteiger partial charge in [-0.1, -0.05) is 41.4 Å². The number of ether oxygens (including phenoxy) is 1. The fourth-order valence-electron chi connectivity index (χ4n) is 2.48. The van der Waals surface area contributed by atoms with Crippen molar-refractivity contribution in [2.75, 3.05) is 12.4 Å². The summed E-state index contributed by atoms with van der Waals surface area (Å²) < 4.78 is 6.27. The highest BCUT2D eigenvalue weighted by atomic mass is 35.5. The molecule has 3 rings (SSSR count). The Morgan fingerprint density at radius 1 is 1.15 bits per heavy atom. The van der Waals surface area contributed by atoms with Crippen LogP contribution in [0.1, 0.15) is 0 Å². The summed E-state index contributed by atoms with van der Waals surface area (Å²) in [5.41, 5.74) is 1.17. The van der Waals surface area contributed by atoms with E-state index in [0.717, 1.165) is 4.68 Å². The number of amides is 1. The van der Waals surface area contributed by atoms with Gasteiger partial charge in [-0.2, -0.15) is 5.10 Å². The Hall–Kier alpha value is -2.83. The van der Waals surface area contributed by atoms with Gasteiger partial charge in [0.1, 0.15) is 12.3 Å². The third kappa shape index (κ3) is 4.48. The van der Waals surface area contributed by atoms with Gasteiger partial charge in [0.15, 0.2) is 0 Å². The number of aromatic nitrogens is 2. The standard InChI is InChI=1S/C19H15Cl2N3O3/c1-27-17-8-6-12(20)10-16(17)22-18(25)11-24-19(26)9-7-15(23-24)13-4-2-3-5-14(13)21/h2-10H,11H2,1H3,(H,22,25). The Bertz CT molecular complexity index is 1050. The molecule has 0 fully saturated rings. The van der Waals surface area contributed by atoms with Gasteiger partial charge in [-0.3, -0.25) is 9.59 Å². The monoisotopic (exact) mass is 403 g/mol. The number of carbonyl (C=O) groups is 1. The van der Waals surface area contributed by atoms with E-state index in [9.17, 15) is 9.59 Å². The first-order valence-electron chi connectivity index (χ1n) is 7.94. The highest BCUT2D eigenvalue weighted by Crippen LogP contribution is 2.28. The summed E-state index contributed by atoms with van der Waals surface area (Å²) >= 11 is 12.1. The van der Waals surface area contributed by atoms with E-state index in [0.29, 0.717) is 32.7 Å². The quantitative estimate of drug-likeness (QED) is 0.701. The van der Waals surface area contributed by atoms with E-state index >= 15 is 0 Å². The van der Waals surface area contributed by atoms with E-state index in [1.807, 2.05) is 6.07 Å². The van der Waals surface area contributed by atoms with Crippen LogP contribution in [0.25, 0.3) is 11.3 Å². The SMILES string of the molecule is COc1ccc(Cl)cc1NC(=O)Cn1nc(-c2ccccc2Cl)ccc1=O. The molecule has 0 saturated heterocycles. The molecule has 3 aromatic rings. The predicted molar refractivity (Wildman–Crippen MR) is 106 cm³/mol. The van der Waals surface area contributed by atoms with Gasteiger partial charge in [0.2, 0.25) is 5.91 Å². The molecular weight excluding hydrogens is 389 g/mol. The van der Waals surface area contributed by atoms with Gasteiger partial charge in [-0.25, -0.2) is 4.68 Å². The maximum absolute atomic E-state index is 12.4. The lowest BCUT2D eigenvalue weighted by Crippen LogP contribution is -2.29. The number of carbonyl (C=O) groups excluding carboxylic acids is 1. The van der Waals surface area contributed by atoms with Crippen molar-refractivity contribution in [1.29, 1.82) is 0 Å². The van der Waals surface area contributed by atoms with Gasteiger partial charge in [-0.15, -0.1) is 0 Å². The molecule has 0 aliphatic heterocycles. The molecule has 0 radical (unpaired) electrons. The Balaban J connectivity index is 1.84. The molecule has 0 unspecified atom stereocenters. The van der Waals surface area contributed by atoms with Crippen LogP contribution in [0.15, 0.2) is 59.4 Å². The lowest BCUT2D eigenvalue weighted by Gasteiger charge is -2.11. The Morgan fingerprint density at radius 3 is 2.67 bits per heavy atom. The zero-order valence-electron chi connectivity index (χ0n) is 14.3. The third-order valence-electron chi connectivity index (χ3n) is 3.75. The molecule has 0 aliphatic rings. The van der Waals surface area contributed by atoms with E-state index < -0.39 is 11.5 Å². The summed E-state index contributed by atoms with van der Waals surface area (Å²) in [5.74, 6) is 0.0133. The molecule has 1 N–H and O–H groups in total. The zero-order chi connectivity index (χ0) is 19.4. The van der Waals surface area contributed by atoms with Gasteiger partial charge >= 0.3 is 0 Å². The number of rotatable bonds is 5. The number of nitrogens with zero attached hydrogens (tertiary/aromatic N) is 2. The van der Waals surface area contributed by atoms with Crippen LogP contribution < -0.4 is 15.6 Å². The van der Waals surface area contributed by atoms with E-state index in [4.69, 9.17) is 27.9 Å². The number of benzene rings is 2. The second kappa shape index (κ2) is 8.24. The minimum Gasteiger partial charge on any atom is -0.495 e. The van der Waals surface area contributed by atoms with Crippen molar-refractivity contribution >= 4 is 34.8 Å². The van der Waals surface area contributed by atoms with E-state index in [1.165, 1.54) is 13.2 Å². The minimum absolute atomic E-state index is 0.271. The van der Waals surface area contributed by atoms with Crippen LogP contribution in [0.3, 0.4) is 0 Å². The number of methoxy groups -OCH3 is 1. The van der Waals surface area contributed by atoms with Crippen molar-refractivity contribution < 1.29 is 9.53 Å². The molecule has 138 valence electrons. The van der Waals surface area contributed by atoms with Crippen LogP contribution in [0.2, 0.25) is 10.0 Å². The fraction of sp³-hybridized carbons (Fsp3) is 0.105. The predicted octanol–water partition coefficient (Wildman–Crippen LogP) is 3.86. The van der Waals surface area contributed by atoms with Crippen molar-refractivity contribution in [2.45, 2.75) is 6.54 Å². The van der Waals surface area contributed by atoms with Crippen LogP contribution in [-0.4, -0.2) is 22.8 Å². The van der Waals surface area contributed by atoms with Crippen molar-refractivity contribution in [2.24, 2.45) is 0 Å². The number of nitrogens with one attached hydrogen (secondary N) is 1. The van der Waals surface area contributed by atoms with Crippen LogP contribution in [0.5, 0.6) is 5.75 Å². The summed E-state index contributed by atoms with van der Waals surface area (Å²) in [7, 11) is 1.48. The normalized spacial score (nSPS) is 10.5. The molecule has 0 bridgehead atoms. The molecule has 1 heterocycles. The lowest BCUT2D eigenvalue weighted by atomic mass is 10.1. The molecular formula is C19H15Cl2N3O3. The van der Waals surface area contributed by atoms with Gasteiger partial charge in [0.25, 0.3) is 5.56 Å². The molecule has 2 aromatic carbocycles. The van der Waals surface area contributed by atoms with Crippen LogP contribution in [0, 0.1) is 0 Å². The summed E-state index contributed by atoms with van der Waals surface area (Å²) in [6.07, 6.45) is 0.